The average molecular weight is 302 g/mol. The minimum absolute atomic E-state index is 0.245. The van der Waals surface area contributed by atoms with Crippen LogP contribution in [0.3, 0.4) is 0 Å². The van der Waals surface area contributed by atoms with E-state index in [4.69, 9.17) is 23.2 Å². The van der Waals surface area contributed by atoms with E-state index in [9.17, 15) is 4.79 Å². The van der Waals surface area contributed by atoms with Gasteiger partial charge in [-0.05, 0) is 37.6 Å². The fourth-order valence-corrected chi connectivity index (χ4v) is 2.64. The van der Waals surface area contributed by atoms with Crippen molar-refractivity contribution in [3.63, 3.8) is 0 Å². The maximum absolute atomic E-state index is 11.7. The summed E-state index contributed by atoms with van der Waals surface area (Å²) in [5, 5.41) is 9.92. The Morgan fingerprint density at radius 2 is 2.00 bits per heavy atom. The second-order valence-electron chi connectivity index (χ2n) is 4.64. The molecule has 1 aromatic rings. The summed E-state index contributed by atoms with van der Waals surface area (Å²) in [5.41, 5.74) is 0.589. The minimum atomic E-state index is -0.245. The van der Waals surface area contributed by atoms with Gasteiger partial charge in [0.05, 0.1) is 0 Å². The highest BCUT2D eigenvalue weighted by molar-refractivity contribution is 6.35. The van der Waals surface area contributed by atoms with Crippen molar-refractivity contribution in [2.24, 2.45) is 0 Å². The summed E-state index contributed by atoms with van der Waals surface area (Å²) in [5.74, 6) is 0. The number of urea groups is 1. The lowest BCUT2D eigenvalue weighted by Crippen LogP contribution is -2.44. The molecule has 0 bridgehead atoms. The number of rotatable bonds is 3. The summed E-state index contributed by atoms with van der Waals surface area (Å²) in [6, 6.07) is 5.06. The van der Waals surface area contributed by atoms with Crippen LogP contribution >= 0.6 is 23.2 Å². The third kappa shape index (κ3) is 4.90. The van der Waals surface area contributed by atoms with Gasteiger partial charge in [-0.25, -0.2) is 4.79 Å². The van der Waals surface area contributed by atoms with Crippen molar-refractivity contribution in [3.8, 4) is 0 Å². The fraction of sp³-hybridized carbons (Fsp3) is 0.462. The molecule has 1 fully saturated rings. The number of anilines is 1. The second-order valence-corrected chi connectivity index (χ2v) is 5.51. The number of benzene rings is 1. The van der Waals surface area contributed by atoms with Gasteiger partial charge in [-0.1, -0.05) is 29.6 Å². The highest BCUT2D eigenvalue weighted by Crippen LogP contribution is 2.22. The first-order chi connectivity index (χ1) is 9.13. The molecule has 4 nitrogen and oxygen atoms in total. The predicted molar refractivity (Wildman–Crippen MR) is 79.1 cm³/mol. The summed E-state index contributed by atoms with van der Waals surface area (Å²) < 4.78 is 0. The number of carbonyl (C=O) groups is 1. The van der Waals surface area contributed by atoms with Gasteiger partial charge in [-0.3, -0.25) is 0 Å². The molecule has 1 aliphatic rings. The molecular weight excluding hydrogens is 285 g/mol. The molecule has 3 N–H and O–H groups in total. The van der Waals surface area contributed by atoms with E-state index >= 15 is 0 Å². The first-order valence-electron chi connectivity index (χ1n) is 6.38. The molecule has 1 saturated heterocycles. The van der Waals surface area contributed by atoms with E-state index in [1.54, 1.807) is 18.2 Å². The Kier molecular flexibility index (Phi) is 5.31. The summed E-state index contributed by atoms with van der Waals surface area (Å²) in [6.07, 6.45) is 3.53. The Morgan fingerprint density at radius 1 is 1.26 bits per heavy atom. The smallest absolute Gasteiger partial charge is 0.319 e. The van der Waals surface area contributed by atoms with E-state index in [1.165, 1.54) is 12.8 Å². The van der Waals surface area contributed by atoms with Crippen LogP contribution in [-0.2, 0) is 0 Å². The van der Waals surface area contributed by atoms with Crippen molar-refractivity contribution in [3.05, 3.63) is 28.2 Å². The van der Waals surface area contributed by atoms with Crippen molar-refractivity contribution in [1.82, 2.24) is 10.6 Å². The maximum atomic E-state index is 11.7. The van der Waals surface area contributed by atoms with Gasteiger partial charge in [-0.15, -0.1) is 0 Å². The molecule has 1 atom stereocenters. The maximum Gasteiger partial charge on any atom is 0.319 e. The zero-order chi connectivity index (χ0) is 13.7. The molecule has 1 aliphatic heterocycles. The molecule has 2 rings (SSSR count). The van der Waals surface area contributed by atoms with Crippen LogP contribution < -0.4 is 16.0 Å². The highest BCUT2D eigenvalue weighted by Gasteiger charge is 2.13. The van der Waals surface area contributed by atoms with E-state index in [1.807, 2.05) is 0 Å². The number of piperidine rings is 1. The van der Waals surface area contributed by atoms with E-state index in [2.05, 4.69) is 16.0 Å². The SMILES string of the molecule is O=C(NCC1CCCCN1)Nc1cc(Cl)cc(Cl)c1. The lowest BCUT2D eigenvalue weighted by atomic mass is 10.1. The molecular formula is C13H17Cl2N3O. The number of nitrogens with one attached hydrogen (secondary N) is 3. The molecule has 104 valence electrons. The number of carbonyl (C=O) groups excluding carboxylic acids is 1. The first-order valence-corrected chi connectivity index (χ1v) is 7.13. The Balaban J connectivity index is 1.80. The summed E-state index contributed by atoms with van der Waals surface area (Å²) >= 11 is 11.7. The summed E-state index contributed by atoms with van der Waals surface area (Å²) in [7, 11) is 0. The highest BCUT2D eigenvalue weighted by atomic mass is 35.5. The predicted octanol–water partition coefficient (Wildman–Crippen LogP) is 3.26. The Hall–Kier alpha value is -0.970. The van der Waals surface area contributed by atoms with E-state index in [0.29, 0.717) is 28.3 Å². The lowest BCUT2D eigenvalue weighted by molar-refractivity contribution is 0.249. The van der Waals surface area contributed by atoms with Crippen LogP contribution in [0.15, 0.2) is 18.2 Å². The molecule has 1 aromatic carbocycles. The molecule has 1 unspecified atom stereocenters. The number of halogens is 2. The quantitative estimate of drug-likeness (QED) is 0.803. The van der Waals surface area contributed by atoms with Gasteiger partial charge in [0.15, 0.2) is 0 Å². The standard InChI is InChI=1S/C13H17Cl2N3O/c14-9-5-10(15)7-12(6-9)18-13(19)17-8-11-3-1-2-4-16-11/h5-7,11,16H,1-4,8H2,(H2,17,18,19). The van der Waals surface area contributed by atoms with Crippen molar-refractivity contribution in [2.45, 2.75) is 25.3 Å². The molecule has 19 heavy (non-hydrogen) atoms. The van der Waals surface area contributed by atoms with Gasteiger partial charge in [0.2, 0.25) is 0 Å². The van der Waals surface area contributed by atoms with Gasteiger partial charge >= 0.3 is 6.03 Å². The van der Waals surface area contributed by atoms with Gasteiger partial charge < -0.3 is 16.0 Å². The third-order valence-electron chi connectivity index (χ3n) is 3.04. The average Bonchev–Trinajstić information content (AvgIpc) is 2.36. The third-order valence-corrected chi connectivity index (χ3v) is 3.48. The Labute approximate surface area is 122 Å². The molecule has 0 saturated carbocycles. The van der Waals surface area contributed by atoms with E-state index < -0.39 is 0 Å². The molecule has 0 aliphatic carbocycles. The number of hydrogen-bond acceptors (Lipinski definition) is 2. The van der Waals surface area contributed by atoms with Crippen LogP contribution in [0.1, 0.15) is 19.3 Å². The Morgan fingerprint density at radius 3 is 2.63 bits per heavy atom. The van der Waals surface area contributed by atoms with Gasteiger partial charge in [-0.2, -0.15) is 0 Å². The molecule has 6 heteroatoms. The van der Waals surface area contributed by atoms with Gasteiger partial charge in [0, 0.05) is 28.3 Å². The van der Waals surface area contributed by atoms with E-state index in [-0.39, 0.29) is 6.03 Å². The monoisotopic (exact) mass is 301 g/mol. The topological polar surface area (TPSA) is 53.2 Å². The van der Waals surface area contributed by atoms with Crippen LogP contribution in [-0.4, -0.2) is 25.2 Å². The zero-order valence-electron chi connectivity index (χ0n) is 10.5. The van der Waals surface area contributed by atoms with Crippen molar-refractivity contribution >= 4 is 34.9 Å². The van der Waals surface area contributed by atoms with Crippen LogP contribution in [0.2, 0.25) is 10.0 Å². The van der Waals surface area contributed by atoms with Crippen LogP contribution in [0, 0.1) is 0 Å². The van der Waals surface area contributed by atoms with Gasteiger partial charge in [0.25, 0.3) is 0 Å². The van der Waals surface area contributed by atoms with Crippen LogP contribution in [0.4, 0.5) is 10.5 Å². The van der Waals surface area contributed by atoms with Crippen molar-refractivity contribution in [2.75, 3.05) is 18.4 Å². The number of hydrogen-bond donors (Lipinski definition) is 3. The summed E-state index contributed by atoms with van der Waals surface area (Å²) in [4.78, 5) is 11.7. The zero-order valence-corrected chi connectivity index (χ0v) is 12.0. The first kappa shape index (κ1) is 14.4. The molecule has 0 aromatic heterocycles. The van der Waals surface area contributed by atoms with Crippen molar-refractivity contribution < 1.29 is 4.79 Å². The second kappa shape index (κ2) is 6.98. The van der Waals surface area contributed by atoms with Gasteiger partial charge in [0.1, 0.15) is 0 Å². The van der Waals surface area contributed by atoms with E-state index in [0.717, 1.165) is 13.0 Å². The molecule has 2 amide bonds. The number of amides is 2. The lowest BCUT2D eigenvalue weighted by Gasteiger charge is -2.23. The normalized spacial score (nSPS) is 18.9. The largest absolute Gasteiger partial charge is 0.336 e. The van der Waals surface area contributed by atoms with Crippen molar-refractivity contribution in [1.29, 1.82) is 0 Å². The van der Waals surface area contributed by atoms with Crippen LogP contribution in [0.25, 0.3) is 0 Å². The van der Waals surface area contributed by atoms with Crippen LogP contribution in [0.5, 0.6) is 0 Å². The molecule has 0 radical (unpaired) electrons. The fourth-order valence-electron chi connectivity index (χ4n) is 2.12. The summed E-state index contributed by atoms with van der Waals surface area (Å²) in [6.45, 7) is 1.65. The minimum Gasteiger partial charge on any atom is -0.336 e. The molecule has 1 heterocycles. The molecule has 0 spiro atoms. The Bertz CT molecular complexity index is 427.